The number of fused-ring (bicyclic) bond motifs is 1. The van der Waals surface area contributed by atoms with Gasteiger partial charge in [-0.05, 0) is 32.1 Å². The van der Waals surface area contributed by atoms with E-state index in [0.717, 1.165) is 37.4 Å². The van der Waals surface area contributed by atoms with Gasteiger partial charge in [0, 0.05) is 29.9 Å². The molecule has 0 fully saturated rings. The maximum Gasteiger partial charge on any atom is 0.0725 e. The van der Waals surface area contributed by atoms with Crippen LogP contribution in [0.3, 0.4) is 0 Å². The van der Waals surface area contributed by atoms with Crippen molar-refractivity contribution in [2.75, 3.05) is 31.5 Å². The van der Waals surface area contributed by atoms with Crippen LogP contribution in [0.5, 0.6) is 0 Å². The third-order valence-corrected chi connectivity index (χ3v) is 3.48. The van der Waals surface area contributed by atoms with Gasteiger partial charge in [0.15, 0.2) is 0 Å². The van der Waals surface area contributed by atoms with Gasteiger partial charge in [-0.25, -0.2) is 0 Å². The van der Waals surface area contributed by atoms with Gasteiger partial charge in [0.25, 0.3) is 0 Å². The molecule has 1 aromatic carbocycles. The minimum Gasteiger partial charge on any atom is -0.383 e. The molecule has 2 aromatic rings. The minimum atomic E-state index is 0.967. The lowest BCUT2D eigenvalue weighted by Gasteiger charge is -2.19. The maximum atomic E-state index is 4.56. The van der Waals surface area contributed by atoms with Gasteiger partial charge in [-0.1, -0.05) is 32.0 Å². The molecule has 0 aliphatic heterocycles. The summed E-state index contributed by atoms with van der Waals surface area (Å²) >= 11 is 0. The molecule has 19 heavy (non-hydrogen) atoms. The molecule has 2 rings (SSSR count). The first-order valence-corrected chi connectivity index (χ1v) is 7.07. The van der Waals surface area contributed by atoms with E-state index in [2.05, 4.69) is 53.3 Å². The standard InChI is InChI=1S/C16H23N3/c1-4-19(5-2)11-10-17-16-12-13(3)18-15-9-7-6-8-14(15)16/h6-9,12H,4-5,10-11H2,1-3H3,(H,17,18). The fourth-order valence-corrected chi connectivity index (χ4v) is 2.34. The highest BCUT2D eigenvalue weighted by atomic mass is 15.1. The first kappa shape index (κ1) is 13.8. The number of rotatable bonds is 6. The Kier molecular flexibility index (Phi) is 4.74. The zero-order chi connectivity index (χ0) is 13.7. The molecule has 0 saturated carbocycles. The number of likely N-dealkylation sites (N-methyl/N-ethyl adjacent to an activating group) is 1. The van der Waals surface area contributed by atoms with Gasteiger partial charge in [0.2, 0.25) is 0 Å². The Morgan fingerprint density at radius 3 is 2.63 bits per heavy atom. The Morgan fingerprint density at radius 2 is 1.89 bits per heavy atom. The van der Waals surface area contributed by atoms with E-state index in [1.165, 1.54) is 11.1 Å². The summed E-state index contributed by atoms with van der Waals surface area (Å²) in [7, 11) is 0. The van der Waals surface area contributed by atoms with Gasteiger partial charge in [-0.2, -0.15) is 0 Å². The molecule has 0 radical (unpaired) electrons. The van der Waals surface area contributed by atoms with E-state index in [4.69, 9.17) is 0 Å². The van der Waals surface area contributed by atoms with Gasteiger partial charge >= 0.3 is 0 Å². The molecule has 0 spiro atoms. The lowest BCUT2D eigenvalue weighted by Crippen LogP contribution is -2.28. The van der Waals surface area contributed by atoms with E-state index in [9.17, 15) is 0 Å². The highest BCUT2D eigenvalue weighted by molar-refractivity contribution is 5.91. The summed E-state index contributed by atoms with van der Waals surface area (Å²) < 4.78 is 0. The van der Waals surface area contributed by atoms with E-state index < -0.39 is 0 Å². The highest BCUT2D eigenvalue weighted by Gasteiger charge is 2.04. The number of aromatic nitrogens is 1. The Morgan fingerprint density at radius 1 is 1.16 bits per heavy atom. The maximum absolute atomic E-state index is 4.56. The summed E-state index contributed by atoms with van der Waals surface area (Å²) in [6.07, 6.45) is 0. The second kappa shape index (κ2) is 6.53. The Bertz CT molecular complexity index is 533. The first-order chi connectivity index (χ1) is 9.24. The predicted octanol–water partition coefficient (Wildman–Crippen LogP) is 3.30. The average molecular weight is 257 g/mol. The highest BCUT2D eigenvalue weighted by Crippen LogP contribution is 2.22. The monoisotopic (exact) mass is 257 g/mol. The molecule has 102 valence electrons. The molecule has 0 aliphatic rings. The van der Waals surface area contributed by atoms with Crippen molar-refractivity contribution < 1.29 is 0 Å². The normalized spacial score (nSPS) is 11.2. The molecule has 0 unspecified atom stereocenters. The molecule has 3 heteroatoms. The third kappa shape index (κ3) is 3.44. The second-order valence-electron chi connectivity index (χ2n) is 4.78. The van der Waals surface area contributed by atoms with E-state index >= 15 is 0 Å². The zero-order valence-electron chi connectivity index (χ0n) is 12.1. The summed E-state index contributed by atoms with van der Waals surface area (Å²) in [5.41, 5.74) is 3.31. The van der Waals surface area contributed by atoms with Crippen LogP contribution in [0.1, 0.15) is 19.5 Å². The van der Waals surface area contributed by atoms with Crippen molar-refractivity contribution in [3.05, 3.63) is 36.0 Å². The Hall–Kier alpha value is -1.61. The van der Waals surface area contributed by atoms with Crippen molar-refractivity contribution in [2.24, 2.45) is 0 Å². The first-order valence-electron chi connectivity index (χ1n) is 7.07. The number of pyridine rings is 1. The summed E-state index contributed by atoms with van der Waals surface area (Å²) in [6, 6.07) is 10.4. The van der Waals surface area contributed by atoms with Crippen molar-refractivity contribution in [2.45, 2.75) is 20.8 Å². The zero-order valence-corrected chi connectivity index (χ0v) is 12.1. The molecule has 0 aliphatic carbocycles. The topological polar surface area (TPSA) is 28.2 Å². The van der Waals surface area contributed by atoms with E-state index in [1.807, 2.05) is 13.0 Å². The molecule has 1 aromatic heterocycles. The molecule has 0 bridgehead atoms. The number of hydrogen-bond donors (Lipinski definition) is 1. The summed E-state index contributed by atoms with van der Waals surface area (Å²) in [6.45, 7) is 10.7. The van der Waals surface area contributed by atoms with Crippen molar-refractivity contribution in [1.29, 1.82) is 0 Å². The lowest BCUT2D eigenvalue weighted by atomic mass is 10.1. The van der Waals surface area contributed by atoms with E-state index in [-0.39, 0.29) is 0 Å². The number of hydrogen-bond acceptors (Lipinski definition) is 3. The van der Waals surface area contributed by atoms with Gasteiger partial charge in [0.1, 0.15) is 0 Å². The number of aryl methyl sites for hydroxylation is 1. The van der Waals surface area contributed by atoms with Crippen LogP contribution in [0.4, 0.5) is 5.69 Å². The summed E-state index contributed by atoms with van der Waals surface area (Å²) in [5.74, 6) is 0. The Balaban J connectivity index is 2.12. The molecule has 1 heterocycles. The van der Waals surface area contributed by atoms with Gasteiger partial charge in [-0.15, -0.1) is 0 Å². The average Bonchev–Trinajstić information content (AvgIpc) is 2.43. The van der Waals surface area contributed by atoms with Crippen LogP contribution in [0.25, 0.3) is 10.9 Å². The molecule has 1 N–H and O–H groups in total. The van der Waals surface area contributed by atoms with Crippen LogP contribution in [-0.4, -0.2) is 36.1 Å². The molecule has 3 nitrogen and oxygen atoms in total. The molecular formula is C16H23N3. The van der Waals surface area contributed by atoms with Crippen LogP contribution < -0.4 is 5.32 Å². The fourth-order valence-electron chi connectivity index (χ4n) is 2.34. The minimum absolute atomic E-state index is 0.967. The van der Waals surface area contributed by atoms with Crippen molar-refractivity contribution >= 4 is 16.6 Å². The summed E-state index contributed by atoms with van der Waals surface area (Å²) in [4.78, 5) is 6.98. The number of benzene rings is 1. The van der Waals surface area contributed by atoms with Gasteiger partial charge in [0.05, 0.1) is 5.52 Å². The lowest BCUT2D eigenvalue weighted by molar-refractivity contribution is 0.316. The van der Waals surface area contributed by atoms with Crippen molar-refractivity contribution in [3.63, 3.8) is 0 Å². The van der Waals surface area contributed by atoms with E-state index in [0.29, 0.717) is 0 Å². The van der Waals surface area contributed by atoms with Crippen LogP contribution in [0.15, 0.2) is 30.3 Å². The van der Waals surface area contributed by atoms with Crippen LogP contribution >= 0.6 is 0 Å². The van der Waals surface area contributed by atoms with Crippen LogP contribution in [0, 0.1) is 6.92 Å². The van der Waals surface area contributed by atoms with Crippen molar-refractivity contribution in [1.82, 2.24) is 9.88 Å². The van der Waals surface area contributed by atoms with Gasteiger partial charge < -0.3 is 10.2 Å². The number of para-hydroxylation sites is 1. The third-order valence-electron chi connectivity index (χ3n) is 3.48. The van der Waals surface area contributed by atoms with Crippen molar-refractivity contribution in [3.8, 4) is 0 Å². The molecule has 0 saturated heterocycles. The predicted molar refractivity (Wildman–Crippen MR) is 82.8 cm³/mol. The largest absolute Gasteiger partial charge is 0.383 e. The number of nitrogens with one attached hydrogen (secondary N) is 1. The van der Waals surface area contributed by atoms with E-state index in [1.54, 1.807) is 0 Å². The molecule has 0 atom stereocenters. The fraction of sp³-hybridized carbons (Fsp3) is 0.438. The molecule has 0 amide bonds. The number of nitrogens with zero attached hydrogens (tertiary/aromatic N) is 2. The SMILES string of the molecule is CCN(CC)CCNc1cc(C)nc2ccccc12. The summed E-state index contributed by atoms with van der Waals surface area (Å²) in [5, 5.41) is 4.75. The quantitative estimate of drug-likeness (QED) is 0.860. The smallest absolute Gasteiger partial charge is 0.0725 e. The van der Waals surface area contributed by atoms with Gasteiger partial charge in [-0.3, -0.25) is 4.98 Å². The van der Waals surface area contributed by atoms with Crippen LogP contribution in [0.2, 0.25) is 0 Å². The molecular weight excluding hydrogens is 234 g/mol. The van der Waals surface area contributed by atoms with Crippen LogP contribution in [-0.2, 0) is 0 Å². The second-order valence-corrected chi connectivity index (χ2v) is 4.78. The Labute approximate surface area is 115 Å². The number of anilines is 1.